The Labute approximate surface area is 96.1 Å². The lowest BCUT2D eigenvalue weighted by atomic mass is 9.84. The van der Waals surface area contributed by atoms with Crippen molar-refractivity contribution in [3.63, 3.8) is 0 Å². The molecule has 16 heavy (non-hydrogen) atoms. The van der Waals surface area contributed by atoms with E-state index in [1.807, 2.05) is 20.8 Å². The van der Waals surface area contributed by atoms with Crippen molar-refractivity contribution in [1.82, 2.24) is 4.98 Å². The van der Waals surface area contributed by atoms with Crippen molar-refractivity contribution >= 4 is 5.78 Å². The second-order valence-electron chi connectivity index (χ2n) is 5.05. The lowest BCUT2D eigenvalue weighted by Gasteiger charge is -2.18. The number of carbonyl (C=O) groups excluding carboxylic acids is 1. The van der Waals surface area contributed by atoms with Crippen molar-refractivity contribution in [2.24, 2.45) is 5.41 Å². The zero-order valence-electron chi connectivity index (χ0n) is 9.90. The van der Waals surface area contributed by atoms with E-state index in [-0.39, 0.29) is 11.2 Å². The maximum absolute atomic E-state index is 11.9. The van der Waals surface area contributed by atoms with Crippen LogP contribution >= 0.6 is 0 Å². The predicted octanol–water partition coefficient (Wildman–Crippen LogP) is 2.69. The van der Waals surface area contributed by atoms with E-state index in [0.29, 0.717) is 12.0 Å². The van der Waals surface area contributed by atoms with E-state index in [0.717, 1.165) is 0 Å². The lowest BCUT2D eigenvalue weighted by Crippen LogP contribution is -2.18. The second-order valence-corrected chi connectivity index (χ2v) is 5.05. The molecule has 1 aromatic heterocycles. The van der Waals surface area contributed by atoms with Crippen LogP contribution in [-0.4, -0.2) is 10.8 Å². The Bertz CT molecular complexity index is 398. The van der Waals surface area contributed by atoms with Gasteiger partial charge >= 0.3 is 0 Å². The Balaban J connectivity index is 2.85. The first-order valence-corrected chi connectivity index (χ1v) is 5.26. The zero-order chi connectivity index (χ0) is 12.2. The van der Waals surface area contributed by atoms with Gasteiger partial charge in [0, 0.05) is 18.8 Å². The fourth-order valence-electron chi connectivity index (χ4n) is 1.50. The zero-order valence-corrected chi connectivity index (χ0v) is 9.90. The number of carbonyl (C=O) groups is 1. The average molecular weight is 216 g/mol. The van der Waals surface area contributed by atoms with E-state index in [1.54, 1.807) is 24.5 Å². The van der Waals surface area contributed by atoms with Crippen molar-refractivity contribution in [3.8, 4) is 6.07 Å². The van der Waals surface area contributed by atoms with Crippen LogP contribution in [0.3, 0.4) is 0 Å². The highest BCUT2D eigenvalue weighted by Gasteiger charge is 2.25. The van der Waals surface area contributed by atoms with Gasteiger partial charge in [0.15, 0.2) is 5.78 Å². The molecule has 1 heterocycles. The minimum Gasteiger partial charge on any atom is -0.298 e. The summed E-state index contributed by atoms with van der Waals surface area (Å²) in [5, 5.41) is 9.05. The molecule has 3 nitrogen and oxygen atoms in total. The molecule has 0 N–H and O–H groups in total. The summed E-state index contributed by atoms with van der Waals surface area (Å²) in [5.74, 6) is -0.726. The van der Waals surface area contributed by atoms with Gasteiger partial charge in [0.05, 0.1) is 6.07 Å². The monoisotopic (exact) mass is 216 g/mol. The highest BCUT2D eigenvalue weighted by molar-refractivity contribution is 5.88. The van der Waals surface area contributed by atoms with Gasteiger partial charge < -0.3 is 0 Å². The van der Waals surface area contributed by atoms with E-state index >= 15 is 0 Å². The highest BCUT2D eigenvalue weighted by atomic mass is 16.1. The van der Waals surface area contributed by atoms with E-state index in [1.165, 1.54) is 0 Å². The largest absolute Gasteiger partial charge is 0.298 e. The molecule has 0 aliphatic carbocycles. The molecule has 3 heteroatoms. The summed E-state index contributed by atoms with van der Waals surface area (Å²) in [6.45, 7) is 5.97. The van der Waals surface area contributed by atoms with Crippen molar-refractivity contribution in [3.05, 3.63) is 30.1 Å². The predicted molar refractivity (Wildman–Crippen MR) is 61.7 cm³/mol. The smallest absolute Gasteiger partial charge is 0.155 e. The molecule has 0 bridgehead atoms. The average Bonchev–Trinajstić information content (AvgIpc) is 2.17. The summed E-state index contributed by atoms with van der Waals surface area (Å²) in [7, 11) is 0. The van der Waals surface area contributed by atoms with Crippen LogP contribution < -0.4 is 0 Å². The number of Topliss-reactive ketones (excluding diaryl/α,β-unsaturated/α-hetero) is 1. The van der Waals surface area contributed by atoms with Crippen LogP contribution in [-0.2, 0) is 4.79 Å². The number of nitrogens with zero attached hydrogens (tertiary/aromatic N) is 2. The summed E-state index contributed by atoms with van der Waals surface area (Å²) in [4.78, 5) is 15.9. The van der Waals surface area contributed by atoms with Crippen LogP contribution in [0, 0.1) is 16.7 Å². The summed E-state index contributed by atoms with van der Waals surface area (Å²) < 4.78 is 0. The van der Waals surface area contributed by atoms with Crippen LogP contribution in [0.15, 0.2) is 24.5 Å². The second kappa shape index (κ2) is 4.89. The number of pyridine rings is 1. The Morgan fingerprint density at radius 2 is 2.25 bits per heavy atom. The number of ketones is 1. The number of hydrogen-bond donors (Lipinski definition) is 0. The Morgan fingerprint density at radius 1 is 1.56 bits per heavy atom. The fourth-order valence-corrected chi connectivity index (χ4v) is 1.50. The molecule has 1 atom stereocenters. The molecular formula is C13H16N2O. The quantitative estimate of drug-likeness (QED) is 0.780. The summed E-state index contributed by atoms with van der Waals surface area (Å²) in [6, 6.07) is 5.56. The molecule has 0 aliphatic rings. The van der Waals surface area contributed by atoms with E-state index in [2.05, 4.69) is 11.1 Å². The van der Waals surface area contributed by atoms with Crippen LogP contribution in [0.1, 0.15) is 38.7 Å². The van der Waals surface area contributed by atoms with Gasteiger partial charge in [-0.2, -0.15) is 5.26 Å². The third kappa shape index (κ3) is 3.47. The van der Waals surface area contributed by atoms with Crippen LogP contribution in [0.25, 0.3) is 0 Å². The lowest BCUT2D eigenvalue weighted by molar-refractivity contribution is -0.121. The molecule has 1 aromatic rings. The van der Waals surface area contributed by atoms with Crippen LogP contribution in [0.4, 0.5) is 0 Å². The van der Waals surface area contributed by atoms with Gasteiger partial charge in [0.2, 0.25) is 0 Å². The molecular weight excluding hydrogens is 200 g/mol. The molecule has 84 valence electrons. The molecule has 1 unspecified atom stereocenters. The van der Waals surface area contributed by atoms with Gasteiger partial charge in [-0.25, -0.2) is 0 Å². The molecule has 0 amide bonds. The Morgan fingerprint density at radius 3 is 2.69 bits per heavy atom. The van der Waals surface area contributed by atoms with Crippen molar-refractivity contribution in [2.75, 3.05) is 0 Å². The first-order chi connectivity index (χ1) is 7.44. The third-order valence-corrected chi connectivity index (χ3v) is 2.17. The fraction of sp³-hybridized carbons (Fsp3) is 0.462. The first-order valence-electron chi connectivity index (χ1n) is 5.26. The molecule has 0 aliphatic heterocycles. The standard InChI is InChI=1S/C13H16N2O/c1-13(2,3)7-12(16)11(8-14)10-5-4-6-15-9-10/h4-6,9,11H,7H2,1-3H3. The number of rotatable bonds is 3. The van der Waals surface area contributed by atoms with Crippen molar-refractivity contribution in [2.45, 2.75) is 33.1 Å². The minimum atomic E-state index is -0.687. The molecule has 0 saturated heterocycles. The molecule has 0 fully saturated rings. The molecule has 0 spiro atoms. The van der Waals surface area contributed by atoms with E-state index in [4.69, 9.17) is 5.26 Å². The third-order valence-electron chi connectivity index (χ3n) is 2.17. The maximum Gasteiger partial charge on any atom is 0.155 e. The van der Waals surface area contributed by atoms with Gasteiger partial charge in [-0.3, -0.25) is 9.78 Å². The van der Waals surface area contributed by atoms with Gasteiger partial charge in [0.25, 0.3) is 0 Å². The van der Waals surface area contributed by atoms with Gasteiger partial charge in [-0.1, -0.05) is 26.8 Å². The normalized spacial score (nSPS) is 12.9. The van der Waals surface area contributed by atoms with Crippen LogP contribution in [0.5, 0.6) is 0 Å². The van der Waals surface area contributed by atoms with Crippen molar-refractivity contribution < 1.29 is 4.79 Å². The summed E-state index contributed by atoms with van der Waals surface area (Å²) in [6.07, 6.45) is 3.61. The van der Waals surface area contributed by atoms with Crippen molar-refractivity contribution in [1.29, 1.82) is 5.26 Å². The molecule has 0 aromatic carbocycles. The Hall–Kier alpha value is -1.69. The van der Waals surface area contributed by atoms with E-state index < -0.39 is 5.92 Å². The summed E-state index contributed by atoms with van der Waals surface area (Å²) >= 11 is 0. The number of nitriles is 1. The topological polar surface area (TPSA) is 53.8 Å². The minimum absolute atomic E-state index is 0.0389. The SMILES string of the molecule is CC(C)(C)CC(=O)C(C#N)c1cccnc1. The first kappa shape index (κ1) is 12.4. The van der Waals surface area contributed by atoms with Crippen LogP contribution in [0.2, 0.25) is 0 Å². The van der Waals surface area contributed by atoms with Gasteiger partial charge in [-0.15, -0.1) is 0 Å². The molecule has 0 saturated carbocycles. The van der Waals surface area contributed by atoms with Gasteiger partial charge in [-0.05, 0) is 17.0 Å². The Kier molecular flexibility index (Phi) is 3.78. The van der Waals surface area contributed by atoms with E-state index in [9.17, 15) is 4.79 Å². The number of aromatic nitrogens is 1. The molecule has 1 rings (SSSR count). The van der Waals surface area contributed by atoms with Gasteiger partial charge in [0.1, 0.15) is 5.92 Å². The number of hydrogen-bond acceptors (Lipinski definition) is 3. The maximum atomic E-state index is 11.9. The molecule has 0 radical (unpaired) electrons. The summed E-state index contributed by atoms with van der Waals surface area (Å²) in [5.41, 5.74) is 0.591. The highest BCUT2D eigenvalue weighted by Crippen LogP contribution is 2.25.